The molecule has 3 nitrogen and oxygen atoms in total. The molecule has 1 aliphatic carbocycles. The molecule has 0 aliphatic heterocycles. The van der Waals surface area contributed by atoms with Crippen LogP contribution in [0.5, 0.6) is 0 Å². The molecule has 13 rings (SSSR count). The average molecular weight is 983 g/mol. The molecule has 0 spiro atoms. The highest BCUT2D eigenvalue weighted by Crippen LogP contribution is 2.51. The lowest BCUT2D eigenvalue weighted by Gasteiger charge is -2.35. The molecule has 12 aromatic rings. The number of anilines is 3. The maximum absolute atomic E-state index is 6.40. The first kappa shape index (κ1) is 47.1. The summed E-state index contributed by atoms with van der Waals surface area (Å²) < 4.78 is 8.85. The van der Waals surface area contributed by atoms with E-state index in [0.717, 1.165) is 66.9 Å². The van der Waals surface area contributed by atoms with Gasteiger partial charge in [0.25, 0.3) is 0 Å². The first-order valence-electron chi connectivity index (χ1n) is 26.9. The van der Waals surface area contributed by atoms with Crippen molar-refractivity contribution >= 4 is 66.9 Å². The van der Waals surface area contributed by atoms with Crippen LogP contribution < -0.4 is 4.90 Å². The van der Waals surface area contributed by atoms with Gasteiger partial charge in [-0.25, -0.2) is 0 Å². The number of fused-ring (bicyclic) bond motifs is 7. The van der Waals surface area contributed by atoms with Gasteiger partial charge < -0.3 is 13.9 Å². The Balaban J connectivity index is 1.04. The lowest BCUT2D eigenvalue weighted by Crippen LogP contribution is -2.21. The van der Waals surface area contributed by atoms with E-state index in [4.69, 9.17) is 4.42 Å². The monoisotopic (exact) mass is 982 g/mol. The Bertz CT molecular complexity index is 4180. The smallest absolute Gasteiger partial charge is 0.136 e. The standard InChI is InChI=1S/C73H62N2O/c1-47-35-36-49-21-19-28-61(70(49)69(47)51-43-52(72(2,3)4)46-53(44-51)73(5,6)7)56-24-11-15-31-64(56)74(55-40-37-48(38-41-55)50-39-42-60-59-27-14-18-34-67(59)76-68(60)45-50)65-32-16-12-25-57(65)62-29-20-30-63-58-26-13-17-33-66(58)75(71(62)63)54-22-9-8-10-23-54/h8-47,69H,1-7H3. The molecule has 0 amide bonds. The third-order valence-electron chi connectivity index (χ3n) is 16.0. The van der Waals surface area contributed by atoms with E-state index >= 15 is 0 Å². The quantitative estimate of drug-likeness (QED) is 0.151. The van der Waals surface area contributed by atoms with Gasteiger partial charge in [0.05, 0.1) is 22.4 Å². The Labute approximate surface area is 447 Å². The summed E-state index contributed by atoms with van der Waals surface area (Å²) in [6.45, 7) is 16.5. The zero-order chi connectivity index (χ0) is 51.9. The molecule has 0 saturated heterocycles. The number of nitrogens with zero attached hydrogens (tertiary/aromatic N) is 2. The summed E-state index contributed by atoms with van der Waals surface area (Å²) in [5.74, 6) is 0.401. The number of hydrogen-bond acceptors (Lipinski definition) is 2. The van der Waals surface area contributed by atoms with Gasteiger partial charge in [-0.2, -0.15) is 0 Å². The highest BCUT2D eigenvalue weighted by Gasteiger charge is 2.32. The van der Waals surface area contributed by atoms with Crippen LogP contribution in [0.25, 0.3) is 88.9 Å². The molecule has 2 aromatic heterocycles. The van der Waals surface area contributed by atoms with Crippen molar-refractivity contribution in [2.75, 3.05) is 4.90 Å². The van der Waals surface area contributed by atoms with E-state index in [-0.39, 0.29) is 22.7 Å². The lowest BCUT2D eigenvalue weighted by atomic mass is 9.70. The fourth-order valence-electron chi connectivity index (χ4n) is 12.1. The third-order valence-corrected chi connectivity index (χ3v) is 16.0. The molecule has 2 atom stereocenters. The summed E-state index contributed by atoms with van der Waals surface area (Å²) in [6.07, 6.45) is 4.79. The number of aromatic nitrogens is 1. The van der Waals surface area contributed by atoms with Gasteiger partial charge >= 0.3 is 0 Å². The molecule has 0 saturated carbocycles. The number of furan rings is 1. The van der Waals surface area contributed by atoms with Crippen molar-refractivity contribution in [3.8, 4) is 39.1 Å². The molecule has 76 heavy (non-hydrogen) atoms. The molecular formula is C73H62N2O. The third kappa shape index (κ3) is 8.05. The summed E-state index contributed by atoms with van der Waals surface area (Å²) in [7, 11) is 0. The molecule has 10 aromatic carbocycles. The van der Waals surface area contributed by atoms with Gasteiger partial charge in [-0.15, -0.1) is 0 Å². The van der Waals surface area contributed by atoms with Gasteiger partial charge in [0, 0.05) is 55.5 Å². The van der Waals surface area contributed by atoms with Gasteiger partial charge in [-0.05, 0) is 122 Å². The molecule has 2 heterocycles. The molecule has 0 fully saturated rings. The lowest BCUT2D eigenvalue weighted by molar-refractivity contribution is 0.559. The van der Waals surface area contributed by atoms with Crippen LogP contribution in [0.1, 0.15) is 82.2 Å². The van der Waals surface area contributed by atoms with E-state index in [1.807, 2.05) is 12.1 Å². The molecular weight excluding hydrogens is 921 g/mol. The molecule has 2 unspecified atom stereocenters. The zero-order valence-electron chi connectivity index (χ0n) is 44.5. The van der Waals surface area contributed by atoms with Crippen molar-refractivity contribution in [2.24, 2.45) is 5.92 Å². The number of allylic oxidation sites excluding steroid dienone is 1. The van der Waals surface area contributed by atoms with Crippen molar-refractivity contribution in [1.29, 1.82) is 0 Å². The minimum atomic E-state index is -0.0118. The number of benzene rings is 10. The minimum absolute atomic E-state index is 0.0118. The zero-order valence-corrected chi connectivity index (χ0v) is 44.5. The Kier molecular flexibility index (Phi) is 11.3. The molecule has 3 heteroatoms. The first-order valence-corrected chi connectivity index (χ1v) is 26.9. The van der Waals surface area contributed by atoms with Gasteiger partial charge in [0.15, 0.2) is 0 Å². The van der Waals surface area contributed by atoms with Gasteiger partial charge in [-0.1, -0.05) is 224 Å². The van der Waals surface area contributed by atoms with Crippen molar-refractivity contribution < 1.29 is 4.42 Å². The van der Waals surface area contributed by atoms with E-state index in [9.17, 15) is 0 Å². The largest absolute Gasteiger partial charge is 0.456 e. The second-order valence-corrected chi connectivity index (χ2v) is 23.0. The predicted octanol–water partition coefficient (Wildman–Crippen LogP) is 20.5. The highest BCUT2D eigenvalue weighted by atomic mass is 16.3. The summed E-state index contributed by atoms with van der Waals surface area (Å²) >= 11 is 0. The van der Waals surface area contributed by atoms with E-state index in [0.29, 0.717) is 0 Å². The Morgan fingerprint density at radius 2 is 1.01 bits per heavy atom. The van der Waals surface area contributed by atoms with E-state index in [1.165, 1.54) is 60.8 Å². The Morgan fingerprint density at radius 3 is 1.74 bits per heavy atom. The molecule has 1 aliphatic rings. The summed E-state index contributed by atoms with van der Waals surface area (Å²) in [6, 6.07) is 83.0. The highest BCUT2D eigenvalue weighted by molar-refractivity contribution is 6.15. The van der Waals surface area contributed by atoms with Crippen LogP contribution in [-0.4, -0.2) is 4.57 Å². The van der Waals surface area contributed by atoms with Crippen LogP contribution in [0.2, 0.25) is 0 Å². The molecule has 0 bridgehead atoms. The predicted molar refractivity (Wildman–Crippen MR) is 323 cm³/mol. The first-order chi connectivity index (χ1) is 36.9. The second kappa shape index (κ2) is 18.3. The second-order valence-electron chi connectivity index (χ2n) is 23.0. The SMILES string of the molecule is CC1C=Cc2cccc(-c3ccccc3N(c3ccc(-c4ccc5c(c4)oc4ccccc45)cc3)c3ccccc3-c3cccc4c5ccccc5n(-c5ccccc5)c34)c2C1c1cc(C(C)(C)C)cc(C(C)(C)C)c1. The summed E-state index contributed by atoms with van der Waals surface area (Å²) in [4.78, 5) is 2.51. The van der Waals surface area contributed by atoms with Crippen molar-refractivity contribution in [3.05, 3.63) is 258 Å². The van der Waals surface area contributed by atoms with Crippen LogP contribution in [0.15, 0.2) is 235 Å². The van der Waals surface area contributed by atoms with Gasteiger partial charge in [0.2, 0.25) is 0 Å². The van der Waals surface area contributed by atoms with Crippen LogP contribution in [-0.2, 0) is 10.8 Å². The van der Waals surface area contributed by atoms with Crippen LogP contribution >= 0.6 is 0 Å². The minimum Gasteiger partial charge on any atom is -0.456 e. The normalized spacial score (nSPS) is 14.7. The van der Waals surface area contributed by atoms with Gasteiger partial charge in [-0.3, -0.25) is 0 Å². The fraction of sp³-hybridized carbons (Fsp3) is 0.151. The van der Waals surface area contributed by atoms with Crippen molar-refractivity contribution in [2.45, 2.75) is 65.2 Å². The summed E-state index contributed by atoms with van der Waals surface area (Å²) in [5.41, 5.74) is 22.3. The van der Waals surface area contributed by atoms with Crippen LogP contribution in [0.3, 0.4) is 0 Å². The van der Waals surface area contributed by atoms with Crippen LogP contribution in [0, 0.1) is 5.92 Å². The van der Waals surface area contributed by atoms with E-state index < -0.39 is 0 Å². The molecule has 370 valence electrons. The fourth-order valence-corrected chi connectivity index (χ4v) is 12.1. The van der Waals surface area contributed by atoms with E-state index in [2.05, 4.69) is 282 Å². The Morgan fingerprint density at radius 1 is 0.447 bits per heavy atom. The number of para-hydroxylation sites is 6. The van der Waals surface area contributed by atoms with Crippen LogP contribution in [0.4, 0.5) is 17.1 Å². The number of hydrogen-bond donors (Lipinski definition) is 0. The molecule has 0 N–H and O–H groups in total. The average Bonchev–Trinajstić information content (AvgIpc) is 3.99. The Hall–Kier alpha value is -8.66. The maximum atomic E-state index is 6.40. The van der Waals surface area contributed by atoms with E-state index in [1.54, 1.807) is 0 Å². The van der Waals surface area contributed by atoms with Crippen molar-refractivity contribution in [3.63, 3.8) is 0 Å². The summed E-state index contributed by atoms with van der Waals surface area (Å²) in [5, 5.41) is 4.72. The number of rotatable bonds is 8. The van der Waals surface area contributed by atoms with Crippen molar-refractivity contribution in [1.82, 2.24) is 4.57 Å². The topological polar surface area (TPSA) is 21.3 Å². The maximum Gasteiger partial charge on any atom is 0.136 e. The molecule has 0 radical (unpaired) electrons. The van der Waals surface area contributed by atoms with Gasteiger partial charge in [0.1, 0.15) is 11.2 Å².